The highest BCUT2D eigenvalue weighted by Gasteiger charge is 2.13. The van der Waals surface area contributed by atoms with Gasteiger partial charge in [-0.05, 0) is 12.1 Å². The number of benzene rings is 2. The molecule has 2 rings (SSSR count). The van der Waals surface area contributed by atoms with Gasteiger partial charge in [0.05, 0.1) is 30.0 Å². The number of anilines is 1. The maximum absolute atomic E-state index is 12.0. The van der Waals surface area contributed by atoms with Gasteiger partial charge in [-0.1, -0.05) is 35.3 Å². The molecular weight excluding hydrogens is 341 g/mol. The van der Waals surface area contributed by atoms with Crippen LogP contribution in [0.25, 0.3) is 0 Å². The van der Waals surface area contributed by atoms with Crippen LogP contribution in [0.5, 0.6) is 17.2 Å². The molecule has 0 aliphatic carbocycles. The van der Waals surface area contributed by atoms with Crippen LogP contribution in [-0.2, 0) is 4.79 Å². The second-order valence-corrected chi connectivity index (χ2v) is 5.27. The lowest BCUT2D eigenvalue weighted by Crippen LogP contribution is -2.20. The summed E-state index contributed by atoms with van der Waals surface area (Å²) < 4.78 is 15.7. The first-order chi connectivity index (χ1) is 11.0. The fourth-order valence-corrected chi connectivity index (χ4v) is 2.27. The molecule has 1 N–H and O–H groups in total. The zero-order valence-electron chi connectivity index (χ0n) is 12.6. The number of amides is 1. The maximum Gasteiger partial charge on any atom is 0.262 e. The highest BCUT2D eigenvalue weighted by atomic mass is 35.5. The second-order valence-electron chi connectivity index (χ2n) is 4.45. The van der Waals surface area contributed by atoms with E-state index in [2.05, 4.69) is 5.32 Å². The van der Waals surface area contributed by atoms with E-state index >= 15 is 0 Å². The van der Waals surface area contributed by atoms with Crippen LogP contribution < -0.4 is 19.5 Å². The third-order valence-corrected chi connectivity index (χ3v) is 3.55. The van der Waals surface area contributed by atoms with Crippen molar-refractivity contribution >= 4 is 34.8 Å². The van der Waals surface area contributed by atoms with Gasteiger partial charge >= 0.3 is 0 Å². The van der Waals surface area contributed by atoms with Crippen LogP contribution in [0.3, 0.4) is 0 Å². The number of ether oxygens (including phenoxy) is 3. The molecule has 23 heavy (non-hydrogen) atoms. The number of hydrogen-bond donors (Lipinski definition) is 1. The van der Waals surface area contributed by atoms with Crippen molar-refractivity contribution in [1.29, 1.82) is 0 Å². The topological polar surface area (TPSA) is 56.8 Å². The van der Waals surface area contributed by atoms with Gasteiger partial charge in [-0.2, -0.15) is 0 Å². The predicted octanol–water partition coefficient (Wildman–Crippen LogP) is 4.03. The molecule has 0 aliphatic rings. The Morgan fingerprint density at radius 2 is 1.70 bits per heavy atom. The van der Waals surface area contributed by atoms with Crippen LogP contribution in [-0.4, -0.2) is 26.7 Å². The number of para-hydroxylation sites is 1. The van der Waals surface area contributed by atoms with E-state index < -0.39 is 0 Å². The van der Waals surface area contributed by atoms with Gasteiger partial charge in [0.1, 0.15) is 17.2 Å². The first-order valence-corrected chi connectivity index (χ1v) is 7.39. The molecule has 0 fully saturated rings. The van der Waals surface area contributed by atoms with E-state index in [0.717, 1.165) is 0 Å². The molecule has 0 radical (unpaired) electrons. The lowest BCUT2D eigenvalue weighted by Gasteiger charge is -2.13. The third kappa shape index (κ3) is 4.43. The average Bonchev–Trinajstić information content (AvgIpc) is 2.55. The van der Waals surface area contributed by atoms with Gasteiger partial charge in [-0.3, -0.25) is 4.79 Å². The summed E-state index contributed by atoms with van der Waals surface area (Å²) in [5.41, 5.74) is 0.432. The van der Waals surface area contributed by atoms with Crippen molar-refractivity contribution in [3.05, 3.63) is 46.4 Å². The van der Waals surface area contributed by atoms with Gasteiger partial charge in [-0.15, -0.1) is 0 Å². The average molecular weight is 356 g/mol. The van der Waals surface area contributed by atoms with E-state index in [1.807, 2.05) is 0 Å². The van der Waals surface area contributed by atoms with Crippen molar-refractivity contribution in [1.82, 2.24) is 0 Å². The number of hydrogen-bond acceptors (Lipinski definition) is 4. The Balaban J connectivity index is 2.06. The van der Waals surface area contributed by atoms with Crippen LogP contribution in [0.2, 0.25) is 10.0 Å². The number of methoxy groups -OCH3 is 2. The van der Waals surface area contributed by atoms with E-state index in [4.69, 9.17) is 37.4 Å². The molecule has 2 aromatic rings. The number of rotatable bonds is 6. The van der Waals surface area contributed by atoms with E-state index in [1.54, 1.807) is 36.4 Å². The lowest BCUT2D eigenvalue weighted by atomic mass is 10.2. The molecule has 0 unspecified atom stereocenters. The summed E-state index contributed by atoms with van der Waals surface area (Å²) in [5.74, 6) is 0.911. The molecule has 0 spiro atoms. The van der Waals surface area contributed by atoms with Crippen molar-refractivity contribution in [2.24, 2.45) is 0 Å². The minimum atomic E-state index is -0.368. The smallest absolute Gasteiger partial charge is 0.262 e. The van der Waals surface area contributed by atoms with E-state index in [1.165, 1.54) is 14.2 Å². The number of carbonyl (C=O) groups excluding carboxylic acids is 1. The van der Waals surface area contributed by atoms with Gasteiger partial charge in [0.15, 0.2) is 6.61 Å². The molecule has 5 nitrogen and oxygen atoms in total. The molecule has 0 heterocycles. The molecule has 7 heteroatoms. The largest absolute Gasteiger partial charge is 0.495 e. The van der Waals surface area contributed by atoms with E-state index in [-0.39, 0.29) is 12.5 Å². The summed E-state index contributed by atoms with van der Waals surface area (Å²) in [4.78, 5) is 12.0. The van der Waals surface area contributed by atoms with Gasteiger partial charge in [0.2, 0.25) is 0 Å². The van der Waals surface area contributed by atoms with Crippen molar-refractivity contribution in [3.63, 3.8) is 0 Å². The van der Waals surface area contributed by atoms with Crippen LogP contribution in [0, 0.1) is 0 Å². The molecule has 0 saturated carbocycles. The fraction of sp³-hybridized carbons (Fsp3) is 0.188. The van der Waals surface area contributed by atoms with Gasteiger partial charge in [0.25, 0.3) is 5.91 Å². The molecule has 2 aromatic carbocycles. The minimum absolute atomic E-state index is 0.197. The molecule has 0 aliphatic heterocycles. The Bertz CT molecular complexity index is 706. The van der Waals surface area contributed by atoms with E-state index in [9.17, 15) is 4.79 Å². The van der Waals surface area contributed by atoms with Crippen molar-refractivity contribution in [3.8, 4) is 17.2 Å². The van der Waals surface area contributed by atoms with Gasteiger partial charge in [0, 0.05) is 12.1 Å². The van der Waals surface area contributed by atoms with Crippen LogP contribution in [0.4, 0.5) is 5.69 Å². The standard InChI is InChI=1S/C16H15Cl2NO4/c1-21-14-8-12(15(22-2)7-11(14)18)19-16(20)9-23-13-6-4-3-5-10(13)17/h3-8H,9H2,1-2H3,(H,19,20). The molecule has 0 saturated heterocycles. The van der Waals surface area contributed by atoms with Crippen LogP contribution in [0.1, 0.15) is 0 Å². The summed E-state index contributed by atoms with van der Waals surface area (Å²) in [6.07, 6.45) is 0. The number of halogens is 2. The Labute approximate surface area is 144 Å². The van der Waals surface area contributed by atoms with Gasteiger partial charge in [-0.25, -0.2) is 0 Å². The van der Waals surface area contributed by atoms with E-state index in [0.29, 0.717) is 33.0 Å². The fourth-order valence-electron chi connectivity index (χ4n) is 1.85. The SMILES string of the molecule is COc1cc(NC(=O)COc2ccccc2Cl)c(OC)cc1Cl. The monoisotopic (exact) mass is 355 g/mol. The normalized spacial score (nSPS) is 10.1. The zero-order valence-corrected chi connectivity index (χ0v) is 14.1. The first-order valence-electron chi connectivity index (χ1n) is 6.64. The molecule has 122 valence electrons. The Kier molecular flexibility index (Phi) is 5.96. The molecule has 0 bridgehead atoms. The highest BCUT2D eigenvalue weighted by molar-refractivity contribution is 6.32. The summed E-state index contributed by atoms with van der Waals surface area (Å²) in [7, 11) is 2.97. The second kappa shape index (κ2) is 7.94. The summed E-state index contributed by atoms with van der Waals surface area (Å²) in [6, 6.07) is 10.1. The Morgan fingerprint density at radius 3 is 2.35 bits per heavy atom. The molecule has 0 aromatic heterocycles. The molecule has 1 amide bonds. The number of nitrogens with one attached hydrogen (secondary N) is 1. The Morgan fingerprint density at radius 1 is 1.00 bits per heavy atom. The molecule has 0 atom stereocenters. The summed E-state index contributed by atoms with van der Waals surface area (Å²) in [5, 5.41) is 3.50. The third-order valence-electron chi connectivity index (χ3n) is 2.94. The molecular formula is C16H15Cl2NO4. The Hall–Kier alpha value is -2.11. The predicted molar refractivity (Wildman–Crippen MR) is 90.1 cm³/mol. The van der Waals surface area contributed by atoms with Crippen molar-refractivity contribution in [2.75, 3.05) is 26.1 Å². The zero-order chi connectivity index (χ0) is 16.8. The van der Waals surface area contributed by atoms with Crippen molar-refractivity contribution in [2.45, 2.75) is 0 Å². The summed E-state index contributed by atoms with van der Waals surface area (Å²) >= 11 is 12.0. The summed E-state index contributed by atoms with van der Waals surface area (Å²) in [6.45, 7) is -0.197. The number of carbonyl (C=O) groups is 1. The van der Waals surface area contributed by atoms with Crippen LogP contribution >= 0.6 is 23.2 Å². The minimum Gasteiger partial charge on any atom is -0.495 e. The lowest BCUT2D eigenvalue weighted by molar-refractivity contribution is -0.118. The first kappa shape index (κ1) is 17.2. The highest BCUT2D eigenvalue weighted by Crippen LogP contribution is 2.35. The van der Waals surface area contributed by atoms with Crippen LogP contribution in [0.15, 0.2) is 36.4 Å². The van der Waals surface area contributed by atoms with Gasteiger partial charge < -0.3 is 19.5 Å². The van der Waals surface area contributed by atoms with Crippen molar-refractivity contribution < 1.29 is 19.0 Å². The maximum atomic E-state index is 12.0. The quantitative estimate of drug-likeness (QED) is 0.849.